The summed E-state index contributed by atoms with van der Waals surface area (Å²) in [5, 5.41) is 12.0. The second-order valence-corrected chi connectivity index (χ2v) is 6.25. The van der Waals surface area contributed by atoms with Gasteiger partial charge in [-0.25, -0.2) is 4.79 Å². The number of benzene rings is 1. The van der Waals surface area contributed by atoms with Crippen LogP contribution in [-0.2, 0) is 11.3 Å². The minimum Gasteiger partial charge on any atom is -0.497 e. The molecule has 1 saturated heterocycles. The fraction of sp³-hybridized carbons (Fsp3) is 0.200. The van der Waals surface area contributed by atoms with Crippen molar-refractivity contribution in [3.05, 3.63) is 53.6 Å². The van der Waals surface area contributed by atoms with Crippen molar-refractivity contribution >= 4 is 24.1 Å². The molecule has 0 bridgehead atoms. The summed E-state index contributed by atoms with van der Waals surface area (Å²) >= 11 is 0. The lowest BCUT2D eigenvalue weighted by Crippen LogP contribution is -2.54. The third kappa shape index (κ3) is 3.38. The molecule has 0 saturated carbocycles. The van der Waals surface area contributed by atoms with Crippen LogP contribution in [0, 0.1) is 17.3 Å². The molecule has 28 heavy (non-hydrogen) atoms. The summed E-state index contributed by atoms with van der Waals surface area (Å²) in [7, 11) is 1.51. The van der Waals surface area contributed by atoms with Gasteiger partial charge >= 0.3 is 6.03 Å². The first-order valence-corrected chi connectivity index (χ1v) is 8.38. The predicted molar refractivity (Wildman–Crippen MR) is 102 cm³/mol. The Labute approximate surface area is 161 Å². The number of methoxy groups -OCH3 is 1. The first-order chi connectivity index (χ1) is 13.4. The number of ether oxygens (including phenoxy) is 1. The Morgan fingerprint density at radius 1 is 1.43 bits per heavy atom. The van der Waals surface area contributed by atoms with E-state index in [2.05, 4.69) is 29.1 Å². The van der Waals surface area contributed by atoms with E-state index in [0.29, 0.717) is 16.9 Å². The molecule has 2 aliphatic heterocycles. The van der Waals surface area contributed by atoms with Crippen molar-refractivity contribution in [2.75, 3.05) is 13.7 Å². The Kier molecular flexibility index (Phi) is 5.00. The number of carbonyl (C=O) groups excluding carboxylic acids is 3. The summed E-state index contributed by atoms with van der Waals surface area (Å²) in [6, 6.07) is 4.50. The van der Waals surface area contributed by atoms with Crippen molar-refractivity contribution in [1.82, 2.24) is 15.5 Å². The van der Waals surface area contributed by atoms with Crippen LogP contribution in [0.15, 0.2) is 42.5 Å². The Morgan fingerprint density at radius 2 is 2.21 bits per heavy atom. The average Bonchev–Trinajstić information content (AvgIpc) is 3.14. The number of hydrogen-bond donors (Lipinski definition) is 3. The van der Waals surface area contributed by atoms with E-state index in [1.807, 2.05) is 0 Å². The van der Waals surface area contributed by atoms with Gasteiger partial charge in [-0.05, 0) is 23.8 Å². The van der Waals surface area contributed by atoms with E-state index in [1.54, 1.807) is 18.2 Å². The molecule has 1 aromatic carbocycles. The van der Waals surface area contributed by atoms with Crippen molar-refractivity contribution in [3.63, 3.8) is 0 Å². The van der Waals surface area contributed by atoms with E-state index >= 15 is 0 Å². The smallest absolute Gasteiger partial charge is 0.323 e. The van der Waals surface area contributed by atoms with Crippen molar-refractivity contribution in [3.8, 4) is 17.6 Å². The van der Waals surface area contributed by atoms with Gasteiger partial charge in [0, 0.05) is 23.9 Å². The molecule has 3 rings (SSSR count). The van der Waals surface area contributed by atoms with Crippen LogP contribution in [0.4, 0.5) is 4.79 Å². The highest BCUT2D eigenvalue weighted by atomic mass is 16.5. The number of amides is 4. The van der Waals surface area contributed by atoms with Gasteiger partial charge in [0.1, 0.15) is 5.75 Å². The number of carbonyl (C=O) groups is 3. The molecule has 3 N–H and O–H groups in total. The van der Waals surface area contributed by atoms with Gasteiger partial charge < -0.3 is 20.4 Å². The number of imide groups is 1. The van der Waals surface area contributed by atoms with Crippen LogP contribution in [0.2, 0.25) is 0 Å². The minimum absolute atomic E-state index is 0.132. The lowest BCUT2D eigenvalue weighted by molar-refractivity contribution is -0.122. The normalized spacial score (nSPS) is 20.7. The lowest BCUT2D eigenvalue weighted by atomic mass is 9.99. The Bertz CT molecular complexity index is 986. The SMILES string of the molecule is C=C/C=C(/C#C[C@]1(CN2Cc3ccc(OC)cc3C2=O)NC(=O)NC1=O)C=N. The van der Waals surface area contributed by atoms with Gasteiger partial charge in [0.2, 0.25) is 5.54 Å². The molecule has 8 nitrogen and oxygen atoms in total. The van der Waals surface area contributed by atoms with E-state index in [0.717, 1.165) is 11.8 Å². The molecular weight excluding hydrogens is 360 g/mol. The van der Waals surface area contributed by atoms with Crippen LogP contribution >= 0.6 is 0 Å². The van der Waals surface area contributed by atoms with Gasteiger partial charge in [-0.3, -0.25) is 14.9 Å². The zero-order valence-corrected chi connectivity index (χ0v) is 15.2. The molecule has 1 atom stereocenters. The molecule has 0 aliphatic carbocycles. The number of rotatable bonds is 5. The Hall–Kier alpha value is -3.86. The molecule has 0 unspecified atom stereocenters. The van der Waals surface area contributed by atoms with Gasteiger partial charge in [-0.1, -0.05) is 30.6 Å². The molecule has 0 aromatic heterocycles. The third-order valence-electron chi connectivity index (χ3n) is 4.44. The molecular formula is C20H18N4O4. The van der Waals surface area contributed by atoms with Crippen LogP contribution in [-0.4, -0.2) is 48.2 Å². The third-order valence-corrected chi connectivity index (χ3v) is 4.44. The largest absolute Gasteiger partial charge is 0.497 e. The molecule has 8 heteroatoms. The van der Waals surface area contributed by atoms with Gasteiger partial charge in [0.05, 0.1) is 13.7 Å². The first kappa shape index (κ1) is 18.9. The molecule has 2 aliphatic rings. The number of fused-ring (bicyclic) bond motifs is 1. The monoisotopic (exact) mass is 378 g/mol. The molecule has 0 radical (unpaired) electrons. The molecule has 4 amide bonds. The zero-order chi connectivity index (χ0) is 20.3. The molecule has 1 aromatic rings. The summed E-state index contributed by atoms with van der Waals surface area (Å²) in [5.41, 5.74) is -0.0179. The van der Waals surface area contributed by atoms with Crippen LogP contribution in [0.25, 0.3) is 0 Å². The van der Waals surface area contributed by atoms with Crippen LogP contribution in [0.3, 0.4) is 0 Å². The minimum atomic E-state index is -1.61. The van der Waals surface area contributed by atoms with Crippen molar-refractivity contribution in [2.45, 2.75) is 12.1 Å². The van der Waals surface area contributed by atoms with Crippen molar-refractivity contribution in [2.24, 2.45) is 0 Å². The maximum absolute atomic E-state index is 12.8. The second kappa shape index (κ2) is 7.40. The van der Waals surface area contributed by atoms with Gasteiger partial charge in [-0.15, -0.1) is 0 Å². The number of nitrogens with zero attached hydrogens (tertiary/aromatic N) is 1. The first-order valence-electron chi connectivity index (χ1n) is 8.38. The lowest BCUT2D eigenvalue weighted by Gasteiger charge is -2.26. The average molecular weight is 378 g/mol. The number of hydrogen-bond acceptors (Lipinski definition) is 5. The van der Waals surface area contributed by atoms with Crippen LogP contribution in [0.5, 0.6) is 5.75 Å². The fourth-order valence-corrected chi connectivity index (χ4v) is 3.04. The Morgan fingerprint density at radius 3 is 2.82 bits per heavy atom. The number of nitrogens with one attached hydrogen (secondary N) is 3. The van der Waals surface area contributed by atoms with Gasteiger partial charge in [0.25, 0.3) is 11.8 Å². The molecule has 2 heterocycles. The van der Waals surface area contributed by atoms with Gasteiger partial charge in [-0.2, -0.15) is 0 Å². The summed E-state index contributed by atoms with van der Waals surface area (Å²) in [6.45, 7) is 3.69. The molecule has 1 fully saturated rings. The summed E-state index contributed by atoms with van der Waals surface area (Å²) in [4.78, 5) is 38.5. The van der Waals surface area contributed by atoms with E-state index in [4.69, 9.17) is 10.1 Å². The standard InChI is InChI=1S/C20H18N4O4/c1-3-4-13(10-21)7-8-20(18(26)22-19(27)23-20)12-24-11-14-5-6-15(28-2)9-16(14)17(24)25/h3-6,9-10,21H,1,11-12H2,2H3,(H2,22,23,26,27)/b13-4-,21-10?/t20-/m1/s1. The maximum Gasteiger partial charge on any atom is 0.323 e. The summed E-state index contributed by atoms with van der Waals surface area (Å²) in [5.74, 6) is 5.06. The Balaban J connectivity index is 1.93. The van der Waals surface area contributed by atoms with Gasteiger partial charge in [0.15, 0.2) is 0 Å². The summed E-state index contributed by atoms with van der Waals surface area (Å²) in [6.07, 6.45) is 3.98. The van der Waals surface area contributed by atoms with E-state index in [-0.39, 0.29) is 19.0 Å². The van der Waals surface area contributed by atoms with Crippen molar-refractivity contribution < 1.29 is 19.1 Å². The van der Waals surface area contributed by atoms with E-state index in [1.165, 1.54) is 24.2 Å². The number of urea groups is 1. The highest BCUT2D eigenvalue weighted by molar-refractivity contribution is 6.10. The topological polar surface area (TPSA) is 112 Å². The van der Waals surface area contributed by atoms with Crippen LogP contribution < -0.4 is 15.4 Å². The van der Waals surface area contributed by atoms with Crippen molar-refractivity contribution in [1.29, 1.82) is 5.41 Å². The molecule has 142 valence electrons. The highest BCUT2D eigenvalue weighted by Gasteiger charge is 2.48. The maximum atomic E-state index is 12.8. The quantitative estimate of drug-likeness (QED) is 0.307. The fourth-order valence-electron chi connectivity index (χ4n) is 3.04. The molecule has 0 spiro atoms. The second-order valence-electron chi connectivity index (χ2n) is 6.25. The number of allylic oxidation sites excluding steroid dienone is 3. The van der Waals surface area contributed by atoms with E-state index in [9.17, 15) is 14.4 Å². The zero-order valence-electron chi connectivity index (χ0n) is 15.2. The van der Waals surface area contributed by atoms with E-state index < -0.39 is 17.5 Å². The summed E-state index contributed by atoms with van der Waals surface area (Å²) < 4.78 is 5.16. The highest BCUT2D eigenvalue weighted by Crippen LogP contribution is 2.28. The van der Waals surface area contributed by atoms with Crippen LogP contribution in [0.1, 0.15) is 15.9 Å². The predicted octanol–water partition coefficient (Wildman–Crippen LogP) is 0.995.